The molecule has 0 spiro atoms. The molecule has 0 heterocycles. The highest BCUT2D eigenvalue weighted by atomic mass is 16.6. The van der Waals surface area contributed by atoms with Crippen molar-refractivity contribution >= 4 is 12.0 Å². The number of carbonyl (C=O) groups is 2. The Bertz CT molecular complexity index is 403. The summed E-state index contributed by atoms with van der Waals surface area (Å²) in [6.07, 6.45) is 4.70. The molecular formula is C16H28N2O3. The van der Waals surface area contributed by atoms with Crippen molar-refractivity contribution in [2.75, 3.05) is 6.54 Å². The van der Waals surface area contributed by atoms with Crippen LogP contribution in [0.5, 0.6) is 0 Å². The van der Waals surface area contributed by atoms with E-state index in [9.17, 15) is 9.59 Å². The Morgan fingerprint density at radius 3 is 2.48 bits per heavy atom. The van der Waals surface area contributed by atoms with Gasteiger partial charge in [-0.2, -0.15) is 0 Å². The van der Waals surface area contributed by atoms with Crippen LogP contribution < -0.4 is 10.6 Å². The molecule has 0 radical (unpaired) electrons. The van der Waals surface area contributed by atoms with Gasteiger partial charge in [0, 0.05) is 6.04 Å². The molecule has 0 aliphatic heterocycles. The normalized spacial score (nSPS) is 29.0. The molecule has 4 unspecified atom stereocenters. The fourth-order valence-corrected chi connectivity index (χ4v) is 3.78. The van der Waals surface area contributed by atoms with E-state index < -0.39 is 11.7 Å². The number of amides is 2. The average Bonchev–Trinajstić information content (AvgIpc) is 2.96. The van der Waals surface area contributed by atoms with E-state index in [1.54, 1.807) is 20.8 Å². The summed E-state index contributed by atoms with van der Waals surface area (Å²) < 4.78 is 5.10. The summed E-state index contributed by atoms with van der Waals surface area (Å²) in [5.41, 5.74) is -0.545. The summed E-state index contributed by atoms with van der Waals surface area (Å²) in [7, 11) is 0. The highest BCUT2D eigenvalue weighted by Gasteiger charge is 2.42. The summed E-state index contributed by atoms with van der Waals surface area (Å²) in [5, 5.41) is 5.51. The minimum Gasteiger partial charge on any atom is -0.444 e. The molecule has 21 heavy (non-hydrogen) atoms. The molecule has 2 rings (SSSR count). The summed E-state index contributed by atoms with van der Waals surface area (Å²) in [4.78, 5) is 23.4. The number of hydrogen-bond acceptors (Lipinski definition) is 3. The van der Waals surface area contributed by atoms with E-state index in [1.807, 2.05) is 0 Å². The Morgan fingerprint density at radius 1 is 1.24 bits per heavy atom. The maximum Gasteiger partial charge on any atom is 0.408 e. The number of carbonyl (C=O) groups excluding carboxylic acids is 2. The fourth-order valence-electron chi connectivity index (χ4n) is 3.78. The standard InChI is InChI=1S/C16H28N2O3/c1-10(13-8-11-5-6-12(13)7-11)18-14(19)9-17-15(20)21-16(2,3)4/h10-13H,5-9H2,1-4H3,(H,17,20)(H,18,19). The van der Waals surface area contributed by atoms with E-state index in [1.165, 1.54) is 25.7 Å². The first-order valence-electron chi connectivity index (χ1n) is 8.01. The van der Waals surface area contributed by atoms with Crippen LogP contribution in [0.1, 0.15) is 53.4 Å². The van der Waals surface area contributed by atoms with E-state index in [0.717, 1.165) is 11.8 Å². The van der Waals surface area contributed by atoms with Crippen LogP contribution in [0.15, 0.2) is 0 Å². The minimum absolute atomic E-state index is 0.0277. The molecule has 2 bridgehead atoms. The van der Waals surface area contributed by atoms with Crippen molar-refractivity contribution in [2.24, 2.45) is 17.8 Å². The third-order valence-corrected chi connectivity index (χ3v) is 4.62. The Kier molecular flexibility index (Phi) is 4.79. The van der Waals surface area contributed by atoms with Gasteiger partial charge in [0.1, 0.15) is 12.1 Å². The lowest BCUT2D eigenvalue weighted by atomic mass is 9.84. The van der Waals surface area contributed by atoms with Crippen molar-refractivity contribution in [1.29, 1.82) is 0 Å². The number of rotatable bonds is 4. The van der Waals surface area contributed by atoms with Crippen molar-refractivity contribution in [3.05, 3.63) is 0 Å². The van der Waals surface area contributed by atoms with Gasteiger partial charge in [-0.3, -0.25) is 4.79 Å². The molecule has 0 aromatic rings. The van der Waals surface area contributed by atoms with Crippen molar-refractivity contribution in [3.8, 4) is 0 Å². The van der Waals surface area contributed by atoms with Crippen molar-refractivity contribution in [3.63, 3.8) is 0 Å². The smallest absolute Gasteiger partial charge is 0.408 e. The molecule has 5 nitrogen and oxygen atoms in total. The van der Waals surface area contributed by atoms with Crippen LogP contribution in [0.3, 0.4) is 0 Å². The predicted octanol–water partition coefficient (Wildman–Crippen LogP) is 2.45. The molecular weight excluding hydrogens is 268 g/mol. The van der Waals surface area contributed by atoms with Crippen LogP contribution in [0, 0.1) is 17.8 Å². The van der Waals surface area contributed by atoms with Crippen LogP contribution >= 0.6 is 0 Å². The number of nitrogens with one attached hydrogen (secondary N) is 2. The third-order valence-electron chi connectivity index (χ3n) is 4.62. The molecule has 2 aliphatic rings. The molecule has 120 valence electrons. The molecule has 2 aliphatic carbocycles. The zero-order chi connectivity index (χ0) is 15.6. The van der Waals surface area contributed by atoms with Crippen LogP contribution in [0.4, 0.5) is 4.79 Å². The number of fused-ring (bicyclic) bond motifs is 2. The van der Waals surface area contributed by atoms with E-state index >= 15 is 0 Å². The van der Waals surface area contributed by atoms with Gasteiger partial charge in [-0.1, -0.05) is 6.42 Å². The van der Waals surface area contributed by atoms with Gasteiger partial charge < -0.3 is 15.4 Å². The zero-order valence-corrected chi connectivity index (χ0v) is 13.6. The quantitative estimate of drug-likeness (QED) is 0.837. The second kappa shape index (κ2) is 6.24. The Labute approximate surface area is 127 Å². The molecule has 0 saturated heterocycles. The van der Waals surface area contributed by atoms with Crippen molar-refractivity contribution in [1.82, 2.24) is 10.6 Å². The number of hydrogen-bond donors (Lipinski definition) is 2. The van der Waals surface area contributed by atoms with E-state index in [0.29, 0.717) is 5.92 Å². The molecule has 0 aromatic carbocycles. The number of ether oxygens (including phenoxy) is 1. The largest absolute Gasteiger partial charge is 0.444 e. The monoisotopic (exact) mass is 296 g/mol. The Balaban J connectivity index is 1.68. The van der Waals surface area contributed by atoms with E-state index in [2.05, 4.69) is 17.6 Å². The first kappa shape index (κ1) is 16.1. The topological polar surface area (TPSA) is 67.4 Å². The molecule has 0 aromatic heterocycles. The van der Waals surface area contributed by atoms with Crippen molar-refractivity contribution in [2.45, 2.75) is 65.0 Å². The molecule has 2 N–H and O–H groups in total. The van der Waals surface area contributed by atoms with Gasteiger partial charge in [0.15, 0.2) is 0 Å². The maximum absolute atomic E-state index is 11.9. The van der Waals surface area contributed by atoms with Crippen LogP contribution in [0.25, 0.3) is 0 Å². The first-order chi connectivity index (χ1) is 9.74. The van der Waals surface area contributed by atoms with Gasteiger partial charge >= 0.3 is 6.09 Å². The highest BCUT2D eigenvalue weighted by molar-refractivity contribution is 5.82. The molecule has 2 fully saturated rings. The van der Waals surface area contributed by atoms with Crippen molar-refractivity contribution < 1.29 is 14.3 Å². The zero-order valence-electron chi connectivity index (χ0n) is 13.6. The predicted molar refractivity (Wildman–Crippen MR) is 80.8 cm³/mol. The van der Waals surface area contributed by atoms with Crippen LogP contribution in [-0.2, 0) is 9.53 Å². The summed E-state index contributed by atoms with van der Waals surface area (Å²) in [6.45, 7) is 7.44. The second-order valence-electron chi connectivity index (χ2n) is 7.55. The van der Waals surface area contributed by atoms with Gasteiger partial charge in [0.25, 0.3) is 0 Å². The second-order valence-corrected chi connectivity index (χ2v) is 7.55. The summed E-state index contributed by atoms with van der Waals surface area (Å²) >= 11 is 0. The average molecular weight is 296 g/mol. The lowest BCUT2D eigenvalue weighted by molar-refractivity contribution is -0.121. The fraction of sp³-hybridized carbons (Fsp3) is 0.875. The third kappa shape index (κ3) is 4.61. The Morgan fingerprint density at radius 2 is 1.95 bits per heavy atom. The van der Waals surface area contributed by atoms with E-state index in [-0.39, 0.29) is 18.5 Å². The minimum atomic E-state index is -0.551. The molecule has 5 heteroatoms. The lowest BCUT2D eigenvalue weighted by Gasteiger charge is -2.28. The molecule has 4 atom stereocenters. The summed E-state index contributed by atoms with van der Waals surface area (Å²) in [6, 6.07) is 0.188. The van der Waals surface area contributed by atoms with Gasteiger partial charge in [0.05, 0.1) is 0 Å². The SMILES string of the molecule is CC(NC(=O)CNC(=O)OC(C)(C)C)C1CC2CCC1C2. The lowest BCUT2D eigenvalue weighted by Crippen LogP contribution is -2.45. The first-order valence-corrected chi connectivity index (χ1v) is 8.01. The van der Waals surface area contributed by atoms with Gasteiger partial charge in [-0.25, -0.2) is 4.79 Å². The highest BCUT2D eigenvalue weighted by Crippen LogP contribution is 2.49. The van der Waals surface area contributed by atoms with Gasteiger partial charge in [-0.15, -0.1) is 0 Å². The maximum atomic E-state index is 11.9. The summed E-state index contributed by atoms with van der Waals surface area (Å²) in [5.74, 6) is 2.12. The Hall–Kier alpha value is -1.26. The molecule has 2 amide bonds. The van der Waals surface area contributed by atoms with E-state index in [4.69, 9.17) is 4.74 Å². The number of alkyl carbamates (subject to hydrolysis) is 1. The van der Waals surface area contributed by atoms with Crippen LogP contribution in [-0.4, -0.2) is 30.2 Å². The van der Waals surface area contributed by atoms with Gasteiger partial charge in [0.2, 0.25) is 5.91 Å². The van der Waals surface area contributed by atoms with Gasteiger partial charge in [-0.05, 0) is 64.7 Å². The molecule has 2 saturated carbocycles. The van der Waals surface area contributed by atoms with Crippen LogP contribution in [0.2, 0.25) is 0 Å².